The number of rotatable bonds is 6. The first-order chi connectivity index (χ1) is 8.50. The number of aliphatic hydroxyl groups excluding tert-OH is 1. The summed E-state index contributed by atoms with van der Waals surface area (Å²) in [4.78, 5) is 14.2. The summed E-state index contributed by atoms with van der Waals surface area (Å²) >= 11 is 0. The smallest absolute Gasteiger partial charge is 0.225 e. The molecule has 4 heteroatoms. The molecule has 18 heavy (non-hydrogen) atoms. The van der Waals surface area contributed by atoms with Gasteiger partial charge in [0.2, 0.25) is 5.91 Å². The summed E-state index contributed by atoms with van der Waals surface area (Å²) in [7, 11) is 1.63. The predicted octanol–water partition coefficient (Wildman–Crippen LogP) is 1.96. The van der Waals surface area contributed by atoms with Crippen LogP contribution in [0.4, 0.5) is 0 Å². The number of methoxy groups -OCH3 is 1. The largest absolute Gasteiger partial charge is 0.395 e. The number of carbonyl (C=O) groups excluding carboxylic acids is 1. The number of carbonyl (C=O) groups is 1. The molecule has 0 radical (unpaired) electrons. The fourth-order valence-electron chi connectivity index (χ4n) is 2.55. The first-order valence-corrected chi connectivity index (χ1v) is 6.95. The van der Waals surface area contributed by atoms with Gasteiger partial charge in [-0.15, -0.1) is 0 Å². The Labute approximate surface area is 110 Å². The van der Waals surface area contributed by atoms with Crippen molar-refractivity contribution in [3.63, 3.8) is 0 Å². The average Bonchev–Trinajstić information content (AvgIpc) is 2.36. The zero-order valence-electron chi connectivity index (χ0n) is 11.9. The molecule has 0 heterocycles. The normalized spacial score (nSPS) is 17.8. The number of aliphatic hydroxyl groups is 1. The van der Waals surface area contributed by atoms with Crippen molar-refractivity contribution in [3.8, 4) is 0 Å². The predicted molar refractivity (Wildman–Crippen MR) is 71.4 cm³/mol. The van der Waals surface area contributed by atoms with Gasteiger partial charge in [0.1, 0.15) is 0 Å². The third-order valence-electron chi connectivity index (χ3n) is 3.81. The van der Waals surface area contributed by atoms with Crippen molar-refractivity contribution in [2.45, 2.75) is 64.0 Å². The van der Waals surface area contributed by atoms with Crippen LogP contribution in [0, 0.1) is 0 Å². The van der Waals surface area contributed by atoms with E-state index >= 15 is 0 Å². The van der Waals surface area contributed by atoms with Crippen LogP contribution in [0.3, 0.4) is 0 Å². The van der Waals surface area contributed by atoms with E-state index in [0.29, 0.717) is 19.0 Å². The van der Waals surface area contributed by atoms with Crippen molar-refractivity contribution >= 4 is 5.91 Å². The summed E-state index contributed by atoms with van der Waals surface area (Å²) in [6.07, 6.45) is 6.15. The average molecular weight is 257 g/mol. The lowest BCUT2D eigenvalue weighted by atomic mass is 9.93. The molecule has 1 rings (SSSR count). The van der Waals surface area contributed by atoms with Crippen LogP contribution < -0.4 is 0 Å². The Kier molecular flexibility index (Phi) is 6.09. The first kappa shape index (κ1) is 15.4. The molecule has 0 aromatic heterocycles. The Morgan fingerprint density at radius 2 is 1.94 bits per heavy atom. The molecule has 0 saturated heterocycles. The SMILES string of the molecule is COC(C)(C)CC(=O)N(CCO)C1CCCCC1. The van der Waals surface area contributed by atoms with Crippen molar-refractivity contribution in [2.75, 3.05) is 20.3 Å². The minimum Gasteiger partial charge on any atom is -0.395 e. The second-order valence-corrected chi connectivity index (χ2v) is 5.74. The summed E-state index contributed by atoms with van der Waals surface area (Å²) in [5.41, 5.74) is -0.431. The van der Waals surface area contributed by atoms with Crippen LogP contribution in [0.1, 0.15) is 52.4 Å². The Balaban J connectivity index is 2.62. The molecule has 1 aliphatic rings. The van der Waals surface area contributed by atoms with E-state index in [1.54, 1.807) is 7.11 Å². The van der Waals surface area contributed by atoms with E-state index in [-0.39, 0.29) is 12.5 Å². The third-order valence-corrected chi connectivity index (χ3v) is 3.81. The molecule has 0 aromatic rings. The zero-order valence-corrected chi connectivity index (χ0v) is 11.9. The molecule has 0 unspecified atom stereocenters. The van der Waals surface area contributed by atoms with Crippen LogP contribution in [0.25, 0.3) is 0 Å². The van der Waals surface area contributed by atoms with Crippen LogP contribution >= 0.6 is 0 Å². The lowest BCUT2D eigenvalue weighted by Gasteiger charge is -2.36. The van der Waals surface area contributed by atoms with Crippen LogP contribution in [0.2, 0.25) is 0 Å². The second-order valence-electron chi connectivity index (χ2n) is 5.74. The summed E-state index contributed by atoms with van der Waals surface area (Å²) in [6.45, 7) is 4.32. The van der Waals surface area contributed by atoms with E-state index in [1.165, 1.54) is 19.3 Å². The Morgan fingerprint density at radius 3 is 2.44 bits per heavy atom. The summed E-state index contributed by atoms with van der Waals surface area (Å²) in [6, 6.07) is 0.311. The molecule has 0 atom stereocenters. The van der Waals surface area contributed by atoms with E-state index in [0.717, 1.165) is 12.8 Å². The summed E-state index contributed by atoms with van der Waals surface area (Å²) in [5, 5.41) is 9.15. The van der Waals surface area contributed by atoms with Gasteiger partial charge < -0.3 is 14.7 Å². The molecule has 1 saturated carbocycles. The summed E-state index contributed by atoms with van der Waals surface area (Å²) < 4.78 is 5.31. The van der Waals surface area contributed by atoms with Crippen molar-refractivity contribution in [3.05, 3.63) is 0 Å². The molecule has 0 spiro atoms. The van der Waals surface area contributed by atoms with E-state index in [4.69, 9.17) is 9.84 Å². The van der Waals surface area contributed by atoms with Gasteiger partial charge in [-0.05, 0) is 26.7 Å². The minimum atomic E-state index is -0.431. The Bertz CT molecular complexity index is 260. The number of ether oxygens (including phenoxy) is 1. The number of amides is 1. The molecule has 4 nitrogen and oxygen atoms in total. The molecule has 0 bridgehead atoms. The van der Waals surface area contributed by atoms with Crippen LogP contribution in [0.15, 0.2) is 0 Å². The van der Waals surface area contributed by atoms with Crippen molar-refractivity contribution in [1.82, 2.24) is 4.90 Å². The molecular formula is C14H27NO3. The van der Waals surface area contributed by atoms with Crippen LogP contribution in [-0.2, 0) is 9.53 Å². The number of hydrogen-bond acceptors (Lipinski definition) is 3. The number of nitrogens with zero attached hydrogens (tertiary/aromatic N) is 1. The van der Waals surface area contributed by atoms with Gasteiger partial charge in [-0.2, -0.15) is 0 Å². The molecule has 0 aliphatic heterocycles. The first-order valence-electron chi connectivity index (χ1n) is 6.95. The van der Waals surface area contributed by atoms with Gasteiger partial charge in [0, 0.05) is 19.7 Å². The zero-order chi connectivity index (χ0) is 13.6. The highest BCUT2D eigenvalue weighted by Crippen LogP contribution is 2.24. The molecule has 1 amide bonds. The van der Waals surface area contributed by atoms with E-state index in [1.807, 2.05) is 18.7 Å². The molecule has 106 valence electrons. The highest BCUT2D eigenvalue weighted by Gasteiger charge is 2.29. The molecule has 0 aromatic carbocycles. The van der Waals surface area contributed by atoms with E-state index in [9.17, 15) is 4.79 Å². The Morgan fingerprint density at radius 1 is 1.33 bits per heavy atom. The van der Waals surface area contributed by atoms with Gasteiger partial charge >= 0.3 is 0 Å². The van der Waals surface area contributed by atoms with E-state index < -0.39 is 5.60 Å². The van der Waals surface area contributed by atoms with E-state index in [2.05, 4.69) is 0 Å². The molecule has 1 N–H and O–H groups in total. The van der Waals surface area contributed by atoms with Gasteiger partial charge in [-0.25, -0.2) is 0 Å². The Hall–Kier alpha value is -0.610. The standard InChI is InChI=1S/C14H27NO3/c1-14(2,18-3)11-13(17)15(9-10-16)12-7-5-4-6-8-12/h12,16H,4-11H2,1-3H3. The lowest BCUT2D eigenvalue weighted by Crippen LogP contribution is -2.45. The highest BCUT2D eigenvalue weighted by molar-refractivity contribution is 5.77. The molecular weight excluding hydrogens is 230 g/mol. The van der Waals surface area contributed by atoms with Crippen molar-refractivity contribution in [2.24, 2.45) is 0 Å². The fourth-order valence-corrected chi connectivity index (χ4v) is 2.55. The maximum absolute atomic E-state index is 12.3. The maximum Gasteiger partial charge on any atom is 0.225 e. The van der Waals surface area contributed by atoms with Gasteiger partial charge in [-0.3, -0.25) is 4.79 Å². The quantitative estimate of drug-likeness (QED) is 0.791. The topological polar surface area (TPSA) is 49.8 Å². The third kappa shape index (κ3) is 4.58. The van der Waals surface area contributed by atoms with Crippen LogP contribution in [-0.4, -0.2) is 47.8 Å². The second kappa shape index (κ2) is 7.10. The van der Waals surface area contributed by atoms with Gasteiger partial charge in [-0.1, -0.05) is 19.3 Å². The van der Waals surface area contributed by atoms with Gasteiger partial charge in [0.25, 0.3) is 0 Å². The fraction of sp³-hybridized carbons (Fsp3) is 0.929. The monoisotopic (exact) mass is 257 g/mol. The van der Waals surface area contributed by atoms with Crippen molar-refractivity contribution in [1.29, 1.82) is 0 Å². The molecule has 1 fully saturated rings. The van der Waals surface area contributed by atoms with Crippen molar-refractivity contribution < 1.29 is 14.6 Å². The lowest BCUT2D eigenvalue weighted by molar-refractivity contribution is -0.140. The number of hydrogen-bond donors (Lipinski definition) is 1. The maximum atomic E-state index is 12.3. The summed E-state index contributed by atoms with van der Waals surface area (Å²) in [5.74, 6) is 0.0998. The van der Waals surface area contributed by atoms with Gasteiger partial charge in [0.15, 0.2) is 0 Å². The highest BCUT2D eigenvalue weighted by atomic mass is 16.5. The molecule has 1 aliphatic carbocycles. The van der Waals surface area contributed by atoms with Gasteiger partial charge in [0.05, 0.1) is 18.6 Å². The minimum absolute atomic E-state index is 0.0374. The van der Waals surface area contributed by atoms with Crippen LogP contribution in [0.5, 0.6) is 0 Å².